The van der Waals surface area contributed by atoms with Gasteiger partial charge in [-0.15, -0.1) is 24.0 Å². The van der Waals surface area contributed by atoms with Gasteiger partial charge in [0.1, 0.15) is 24.2 Å². The second-order valence-electron chi connectivity index (χ2n) is 5.92. The second-order valence-corrected chi connectivity index (χ2v) is 5.92. The van der Waals surface area contributed by atoms with Gasteiger partial charge < -0.3 is 24.5 Å². The van der Waals surface area contributed by atoms with E-state index in [1.807, 2.05) is 30.3 Å². The van der Waals surface area contributed by atoms with Crippen molar-refractivity contribution in [2.45, 2.75) is 25.6 Å². The van der Waals surface area contributed by atoms with E-state index >= 15 is 0 Å². The number of nitrogens with one attached hydrogen (secondary N) is 2. The number of ether oxygens (including phenoxy) is 2. The fourth-order valence-corrected chi connectivity index (χ4v) is 2.75. The van der Waals surface area contributed by atoms with E-state index in [1.54, 1.807) is 13.3 Å². The molecule has 142 valence electrons. The molecule has 0 amide bonds. The van der Waals surface area contributed by atoms with Crippen LogP contribution in [0.1, 0.15) is 17.7 Å². The first-order valence-electron chi connectivity index (χ1n) is 8.64. The highest BCUT2D eigenvalue weighted by molar-refractivity contribution is 14.0. The van der Waals surface area contributed by atoms with Gasteiger partial charge in [0, 0.05) is 26.6 Å². The number of para-hydroxylation sites is 1. The molecule has 0 radical (unpaired) electrons. The predicted molar refractivity (Wildman–Crippen MR) is 112 cm³/mol. The molecule has 1 aromatic carbocycles. The van der Waals surface area contributed by atoms with E-state index in [0.717, 1.165) is 43.4 Å². The molecule has 2 heterocycles. The molecule has 1 unspecified atom stereocenters. The van der Waals surface area contributed by atoms with Crippen LogP contribution >= 0.6 is 24.0 Å². The molecule has 0 bridgehead atoms. The Labute approximate surface area is 171 Å². The summed E-state index contributed by atoms with van der Waals surface area (Å²) in [5.74, 6) is 2.62. The van der Waals surface area contributed by atoms with Crippen LogP contribution in [0.15, 0.2) is 52.1 Å². The van der Waals surface area contributed by atoms with E-state index in [2.05, 4.69) is 21.7 Å². The highest BCUT2D eigenvalue weighted by atomic mass is 127. The largest absolute Gasteiger partial charge is 0.488 e. The Morgan fingerprint density at radius 1 is 1.23 bits per heavy atom. The van der Waals surface area contributed by atoms with Crippen molar-refractivity contribution in [3.8, 4) is 5.75 Å². The van der Waals surface area contributed by atoms with Crippen LogP contribution < -0.4 is 15.4 Å². The number of benzene rings is 1. The number of hydrogen-bond acceptors (Lipinski definition) is 4. The molecule has 0 spiro atoms. The lowest BCUT2D eigenvalue weighted by Crippen LogP contribution is -2.42. The van der Waals surface area contributed by atoms with Crippen LogP contribution in [0.3, 0.4) is 0 Å². The number of nitrogens with zero attached hydrogens (tertiary/aromatic N) is 1. The molecule has 0 aliphatic carbocycles. The monoisotopic (exact) mass is 471 g/mol. The van der Waals surface area contributed by atoms with Crippen molar-refractivity contribution in [3.63, 3.8) is 0 Å². The number of halogens is 1. The Morgan fingerprint density at radius 3 is 2.88 bits per heavy atom. The van der Waals surface area contributed by atoms with Crippen LogP contribution in [-0.4, -0.2) is 38.8 Å². The van der Waals surface area contributed by atoms with Crippen molar-refractivity contribution >= 4 is 29.9 Å². The van der Waals surface area contributed by atoms with Crippen molar-refractivity contribution in [3.05, 3.63) is 54.0 Å². The van der Waals surface area contributed by atoms with E-state index in [-0.39, 0.29) is 30.1 Å². The topological polar surface area (TPSA) is 68.0 Å². The summed E-state index contributed by atoms with van der Waals surface area (Å²) in [4.78, 5) is 4.24. The zero-order valence-electron chi connectivity index (χ0n) is 14.9. The first kappa shape index (κ1) is 20.6. The Kier molecular flexibility index (Phi) is 8.76. The molecule has 26 heavy (non-hydrogen) atoms. The first-order valence-corrected chi connectivity index (χ1v) is 8.64. The minimum Gasteiger partial charge on any atom is -0.488 e. The molecule has 2 N–H and O–H groups in total. The smallest absolute Gasteiger partial charge is 0.191 e. The molecule has 0 fully saturated rings. The zero-order chi connectivity index (χ0) is 17.3. The van der Waals surface area contributed by atoms with Gasteiger partial charge in [0.2, 0.25) is 0 Å². The Bertz CT molecular complexity index is 651. The molecular formula is C19H26IN3O3. The van der Waals surface area contributed by atoms with Crippen LogP contribution in [0, 0.1) is 0 Å². The van der Waals surface area contributed by atoms with Crippen LogP contribution in [-0.2, 0) is 17.8 Å². The molecule has 1 aromatic heterocycles. The number of guanidine groups is 1. The van der Waals surface area contributed by atoms with Gasteiger partial charge in [-0.05, 0) is 30.2 Å². The molecule has 1 aliphatic rings. The molecule has 1 atom stereocenters. The first-order chi connectivity index (χ1) is 12.3. The molecule has 2 aromatic rings. The quantitative estimate of drug-likeness (QED) is 0.268. The lowest BCUT2D eigenvalue weighted by atomic mass is 10.1. The lowest BCUT2D eigenvalue weighted by Gasteiger charge is -2.15. The Morgan fingerprint density at radius 2 is 2.12 bits per heavy atom. The van der Waals surface area contributed by atoms with E-state index < -0.39 is 0 Å². The van der Waals surface area contributed by atoms with Crippen molar-refractivity contribution < 1.29 is 13.9 Å². The van der Waals surface area contributed by atoms with Crippen LogP contribution in [0.4, 0.5) is 0 Å². The number of hydrogen-bond donors (Lipinski definition) is 2. The minimum absolute atomic E-state index is 0. The van der Waals surface area contributed by atoms with Gasteiger partial charge in [0.05, 0.1) is 12.8 Å². The van der Waals surface area contributed by atoms with Gasteiger partial charge in [0.25, 0.3) is 0 Å². The standard InChI is InChI=1S/C19H25N3O3.HI/c1-20-19(21-9-5-10-23-14-16-7-4-11-24-16)22-13-17-12-15-6-2-3-8-18(15)25-17;/h2-4,6-8,11,17H,5,9-10,12-14H2,1H3,(H2,20,21,22);1H. The summed E-state index contributed by atoms with van der Waals surface area (Å²) in [6, 6.07) is 12.0. The molecule has 7 heteroatoms. The highest BCUT2D eigenvalue weighted by Crippen LogP contribution is 2.27. The maximum absolute atomic E-state index is 5.92. The molecule has 6 nitrogen and oxygen atoms in total. The maximum atomic E-state index is 5.92. The summed E-state index contributed by atoms with van der Waals surface area (Å²) in [7, 11) is 1.77. The van der Waals surface area contributed by atoms with Crippen molar-refractivity contribution in [1.29, 1.82) is 0 Å². The number of fused-ring (bicyclic) bond motifs is 1. The summed E-state index contributed by atoms with van der Waals surface area (Å²) in [5, 5.41) is 6.61. The number of aliphatic imine (C=N–C) groups is 1. The average molecular weight is 471 g/mol. The molecular weight excluding hydrogens is 445 g/mol. The van der Waals surface area contributed by atoms with E-state index in [0.29, 0.717) is 13.2 Å². The van der Waals surface area contributed by atoms with E-state index in [9.17, 15) is 0 Å². The van der Waals surface area contributed by atoms with Crippen molar-refractivity contribution in [1.82, 2.24) is 10.6 Å². The molecule has 0 saturated carbocycles. The highest BCUT2D eigenvalue weighted by Gasteiger charge is 2.22. The van der Waals surface area contributed by atoms with Gasteiger partial charge in [-0.3, -0.25) is 4.99 Å². The van der Waals surface area contributed by atoms with Gasteiger partial charge in [0.15, 0.2) is 5.96 Å². The van der Waals surface area contributed by atoms with Crippen molar-refractivity contribution in [2.24, 2.45) is 4.99 Å². The Hall–Kier alpha value is -1.74. The van der Waals surface area contributed by atoms with Crippen LogP contribution in [0.5, 0.6) is 5.75 Å². The van der Waals surface area contributed by atoms with Gasteiger partial charge in [-0.2, -0.15) is 0 Å². The third-order valence-corrected chi connectivity index (χ3v) is 4.02. The van der Waals surface area contributed by atoms with Crippen LogP contribution in [0.2, 0.25) is 0 Å². The third kappa shape index (κ3) is 6.21. The fraction of sp³-hybridized carbons (Fsp3) is 0.421. The normalized spacial score (nSPS) is 15.7. The summed E-state index contributed by atoms with van der Waals surface area (Å²) >= 11 is 0. The van der Waals surface area contributed by atoms with E-state index in [4.69, 9.17) is 13.9 Å². The Balaban J connectivity index is 0.00000243. The lowest BCUT2D eigenvalue weighted by molar-refractivity contribution is 0.105. The van der Waals surface area contributed by atoms with E-state index in [1.165, 1.54) is 5.56 Å². The van der Waals surface area contributed by atoms with Gasteiger partial charge in [-0.25, -0.2) is 0 Å². The third-order valence-electron chi connectivity index (χ3n) is 4.02. The maximum Gasteiger partial charge on any atom is 0.191 e. The van der Waals surface area contributed by atoms with Gasteiger partial charge >= 0.3 is 0 Å². The van der Waals surface area contributed by atoms with Crippen LogP contribution in [0.25, 0.3) is 0 Å². The summed E-state index contributed by atoms with van der Waals surface area (Å²) in [6.07, 6.45) is 3.63. The SMILES string of the molecule is CN=C(NCCCOCc1ccco1)NCC1Cc2ccccc2O1.I. The minimum atomic E-state index is 0. The number of rotatable bonds is 8. The molecule has 1 aliphatic heterocycles. The molecule has 3 rings (SSSR count). The second kappa shape index (κ2) is 11.1. The van der Waals surface area contributed by atoms with Crippen molar-refractivity contribution in [2.75, 3.05) is 26.7 Å². The summed E-state index contributed by atoms with van der Waals surface area (Å²) in [5.41, 5.74) is 1.27. The predicted octanol–water partition coefficient (Wildman–Crippen LogP) is 2.97. The zero-order valence-corrected chi connectivity index (χ0v) is 17.3. The fourth-order valence-electron chi connectivity index (χ4n) is 2.75. The average Bonchev–Trinajstić information content (AvgIpc) is 3.29. The number of furan rings is 1. The van der Waals surface area contributed by atoms with Gasteiger partial charge in [-0.1, -0.05) is 18.2 Å². The summed E-state index contributed by atoms with van der Waals surface area (Å²) < 4.78 is 16.7. The summed E-state index contributed by atoms with van der Waals surface area (Å²) in [6.45, 7) is 2.71. The molecule has 0 saturated heterocycles.